The van der Waals surface area contributed by atoms with Gasteiger partial charge in [0.05, 0.1) is 6.61 Å². The van der Waals surface area contributed by atoms with Crippen LogP contribution in [-0.2, 0) is 0 Å². The topological polar surface area (TPSA) is 35.2 Å². The SMILES string of the molecule is CCOc1ccc(C2C(N)C2(C)C)c(C)c1. The van der Waals surface area contributed by atoms with Crippen LogP contribution in [0.25, 0.3) is 0 Å². The van der Waals surface area contributed by atoms with Crippen LogP contribution in [-0.4, -0.2) is 12.6 Å². The summed E-state index contributed by atoms with van der Waals surface area (Å²) < 4.78 is 5.49. The van der Waals surface area contributed by atoms with E-state index < -0.39 is 0 Å². The van der Waals surface area contributed by atoms with Crippen LogP contribution in [0.1, 0.15) is 37.8 Å². The van der Waals surface area contributed by atoms with Crippen LogP contribution >= 0.6 is 0 Å². The van der Waals surface area contributed by atoms with Gasteiger partial charge >= 0.3 is 0 Å². The smallest absolute Gasteiger partial charge is 0.119 e. The summed E-state index contributed by atoms with van der Waals surface area (Å²) in [6.07, 6.45) is 0. The monoisotopic (exact) mass is 219 g/mol. The zero-order chi connectivity index (χ0) is 11.9. The molecule has 2 rings (SSSR count). The molecule has 0 saturated heterocycles. The summed E-state index contributed by atoms with van der Waals surface area (Å²) in [5.41, 5.74) is 9.02. The minimum atomic E-state index is 0.248. The number of ether oxygens (including phenoxy) is 1. The van der Waals surface area contributed by atoms with Crippen LogP contribution in [0.3, 0.4) is 0 Å². The van der Waals surface area contributed by atoms with Gasteiger partial charge in [0.1, 0.15) is 5.75 Å². The highest BCUT2D eigenvalue weighted by molar-refractivity contribution is 5.43. The Bertz CT molecular complexity index is 398. The fourth-order valence-electron chi connectivity index (χ4n) is 2.53. The summed E-state index contributed by atoms with van der Waals surface area (Å²) in [5, 5.41) is 0. The van der Waals surface area contributed by atoms with Crippen LogP contribution in [0.2, 0.25) is 0 Å². The number of aryl methyl sites for hydroxylation is 1. The van der Waals surface area contributed by atoms with E-state index in [1.807, 2.05) is 13.0 Å². The molecule has 1 fully saturated rings. The largest absolute Gasteiger partial charge is 0.494 e. The van der Waals surface area contributed by atoms with Gasteiger partial charge in [-0.1, -0.05) is 19.9 Å². The molecule has 16 heavy (non-hydrogen) atoms. The molecule has 0 radical (unpaired) electrons. The van der Waals surface area contributed by atoms with E-state index in [-0.39, 0.29) is 5.41 Å². The van der Waals surface area contributed by atoms with Crippen molar-refractivity contribution < 1.29 is 4.74 Å². The molecule has 2 N–H and O–H groups in total. The first-order chi connectivity index (χ1) is 7.48. The molecule has 88 valence electrons. The van der Waals surface area contributed by atoms with Crippen LogP contribution in [0.5, 0.6) is 5.75 Å². The normalized spacial score (nSPS) is 26.6. The zero-order valence-corrected chi connectivity index (χ0v) is 10.6. The van der Waals surface area contributed by atoms with E-state index in [1.54, 1.807) is 0 Å². The highest BCUT2D eigenvalue weighted by Crippen LogP contribution is 2.58. The predicted octanol–water partition coefficient (Wildman–Crippen LogP) is 2.84. The summed E-state index contributed by atoms with van der Waals surface area (Å²) >= 11 is 0. The van der Waals surface area contributed by atoms with Crippen molar-refractivity contribution in [3.63, 3.8) is 0 Å². The highest BCUT2D eigenvalue weighted by Gasteiger charge is 2.56. The fraction of sp³-hybridized carbons (Fsp3) is 0.571. The molecular weight excluding hydrogens is 198 g/mol. The minimum absolute atomic E-state index is 0.248. The molecule has 0 amide bonds. The maximum Gasteiger partial charge on any atom is 0.119 e. The van der Waals surface area contributed by atoms with Gasteiger partial charge in [-0.15, -0.1) is 0 Å². The van der Waals surface area contributed by atoms with E-state index >= 15 is 0 Å². The third-order valence-corrected chi connectivity index (χ3v) is 3.80. The molecule has 1 aromatic carbocycles. The average molecular weight is 219 g/mol. The van der Waals surface area contributed by atoms with Crippen molar-refractivity contribution in [1.29, 1.82) is 0 Å². The van der Waals surface area contributed by atoms with E-state index in [0.717, 1.165) is 5.75 Å². The maximum absolute atomic E-state index is 6.11. The van der Waals surface area contributed by atoms with Gasteiger partial charge in [0, 0.05) is 12.0 Å². The highest BCUT2D eigenvalue weighted by atomic mass is 16.5. The summed E-state index contributed by atoms with van der Waals surface area (Å²) in [7, 11) is 0. The van der Waals surface area contributed by atoms with Gasteiger partial charge in [-0.3, -0.25) is 0 Å². The Balaban J connectivity index is 2.25. The van der Waals surface area contributed by atoms with Crippen molar-refractivity contribution in [2.45, 2.75) is 39.7 Å². The quantitative estimate of drug-likeness (QED) is 0.848. The Labute approximate surface area is 97.8 Å². The van der Waals surface area contributed by atoms with E-state index in [1.165, 1.54) is 11.1 Å². The summed E-state index contributed by atoms with van der Waals surface area (Å²) in [6, 6.07) is 6.62. The minimum Gasteiger partial charge on any atom is -0.494 e. The second-order valence-electron chi connectivity index (χ2n) is 5.28. The molecule has 0 aromatic heterocycles. The molecule has 1 aliphatic rings. The van der Waals surface area contributed by atoms with Gasteiger partial charge in [0.2, 0.25) is 0 Å². The number of hydrogen-bond donors (Lipinski definition) is 1. The average Bonchev–Trinajstić information content (AvgIpc) is 2.68. The Morgan fingerprint density at radius 2 is 2.00 bits per heavy atom. The Morgan fingerprint density at radius 3 is 2.44 bits per heavy atom. The number of hydrogen-bond acceptors (Lipinski definition) is 2. The molecule has 0 spiro atoms. The zero-order valence-electron chi connectivity index (χ0n) is 10.6. The maximum atomic E-state index is 6.11. The molecule has 1 aromatic rings. The molecular formula is C14H21NO. The molecule has 0 aliphatic heterocycles. The standard InChI is InChI=1S/C14H21NO/c1-5-16-10-6-7-11(9(2)8-10)12-13(15)14(12,3)4/h6-8,12-13H,5,15H2,1-4H3. The third kappa shape index (κ3) is 1.71. The lowest BCUT2D eigenvalue weighted by atomic mass is 9.99. The van der Waals surface area contributed by atoms with Gasteiger partial charge in [0.25, 0.3) is 0 Å². The first-order valence-electron chi connectivity index (χ1n) is 5.97. The lowest BCUT2D eigenvalue weighted by molar-refractivity contribution is 0.340. The van der Waals surface area contributed by atoms with Crippen molar-refractivity contribution in [1.82, 2.24) is 0 Å². The second-order valence-corrected chi connectivity index (χ2v) is 5.28. The van der Waals surface area contributed by atoms with Gasteiger partial charge in [0.15, 0.2) is 0 Å². The molecule has 1 saturated carbocycles. The van der Waals surface area contributed by atoms with Crippen LogP contribution in [0.15, 0.2) is 18.2 Å². The van der Waals surface area contributed by atoms with E-state index in [9.17, 15) is 0 Å². The van der Waals surface area contributed by atoms with Crippen molar-refractivity contribution in [2.24, 2.45) is 11.1 Å². The lowest BCUT2D eigenvalue weighted by Crippen LogP contribution is -2.06. The molecule has 0 heterocycles. The molecule has 2 unspecified atom stereocenters. The van der Waals surface area contributed by atoms with Crippen molar-refractivity contribution in [3.8, 4) is 5.75 Å². The lowest BCUT2D eigenvalue weighted by Gasteiger charge is -2.10. The van der Waals surface area contributed by atoms with Crippen LogP contribution in [0, 0.1) is 12.3 Å². The van der Waals surface area contributed by atoms with E-state index in [2.05, 4.69) is 32.9 Å². The van der Waals surface area contributed by atoms with Crippen molar-refractivity contribution >= 4 is 0 Å². The van der Waals surface area contributed by atoms with E-state index in [4.69, 9.17) is 10.5 Å². The molecule has 1 aliphatic carbocycles. The molecule has 2 atom stereocenters. The van der Waals surface area contributed by atoms with Crippen LogP contribution < -0.4 is 10.5 Å². The summed E-state index contributed by atoms with van der Waals surface area (Å²) in [5.74, 6) is 1.46. The summed E-state index contributed by atoms with van der Waals surface area (Å²) in [6.45, 7) is 9.33. The van der Waals surface area contributed by atoms with E-state index in [0.29, 0.717) is 18.6 Å². The first kappa shape index (κ1) is 11.5. The van der Waals surface area contributed by atoms with Gasteiger partial charge in [-0.05, 0) is 42.5 Å². The summed E-state index contributed by atoms with van der Waals surface area (Å²) in [4.78, 5) is 0. The number of benzene rings is 1. The molecule has 0 bridgehead atoms. The third-order valence-electron chi connectivity index (χ3n) is 3.80. The Hall–Kier alpha value is -1.02. The van der Waals surface area contributed by atoms with Gasteiger partial charge in [-0.25, -0.2) is 0 Å². The number of nitrogens with two attached hydrogens (primary N) is 1. The van der Waals surface area contributed by atoms with Gasteiger partial charge < -0.3 is 10.5 Å². The Morgan fingerprint density at radius 1 is 1.38 bits per heavy atom. The van der Waals surface area contributed by atoms with Crippen LogP contribution in [0.4, 0.5) is 0 Å². The van der Waals surface area contributed by atoms with Crippen molar-refractivity contribution in [2.75, 3.05) is 6.61 Å². The first-order valence-corrected chi connectivity index (χ1v) is 5.97. The number of rotatable bonds is 3. The fourth-order valence-corrected chi connectivity index (χ4v) is 2.53. The van der Waals surface area contributed by atoms with Gasteiger partial charge in [-0.2, -0.15) is 0 Å². The second kappa shape index (κ2) is 3.77. The molecule has 2 heteroatoms. The van der Waals surface area contributed by atoms with Crippen molar-refractivity contribution in [3.05, 3.63) is 29.3 Å². The Kier molecular flexibility index (Phi) is 2.70. The molecule has 2 nitrogen and oxygen atoms in total. The predicted molar refractivity (Wildman–Crippen MR) is 66.8 cm³/mol.